The maximum absolute atomic E-state index is 11.8. The van der Waals surface area contributed by atoms with E-state index in [1.165, 1.54) is 0 Å². The smallest absolute Gasteiger partial charge is 0.273 e. The number of thioether (sulfide) groups is 1. The third kappa shape index (κ3) is 2.73. The molecule has 1 atom stereocenters. The lowest BCUT2D eigenvalue weighted by atomic mass is 10.2. The van der Waals surface area contributed by atoms with Crippen molar-refractivity contribution in [1.29, 1.82) is 0 Å². The fourth-order valence-corrected chi connectivity index (χ4v) is 2.70. The number of aromatic nitrogens is 3. The fraction of sp³-hybridized carbons (Fsp3) is 0.667. The Balaban J connectivity index is 1.91. The Morgan fingerprint density at radius 2 is 2.62 bits per heavy atom. The highest BCUT2D eigenvalue weighted by molar-refractivity contribution is 7.99. The van der Waals surface area contributed by atoms with Crippen LogP contribution in [0.25, 0.3) is 0 Å². The van der Waals surface area contributed by atoms with Gasteiger partial charge >= 0.3 is 0 Å². The topological polar surface area (TPSA) is 85.8 Å². The van der Waals surface area contributed by atoms with Crippen LogP contribution in [-0.2, 0) is 6.54 Å². The minimum Gasteiger partial charge on any atom is -0.347 e. The molecule has 16 heavy (non-hydrogen) atoms. The van der Waals surface area contributed by atoms with Crippen LogP contribution in [-0.4, -0.2) is 45.0 Å². The van der Waals surface area contributed by atoms with Crippen molar-refractivity contribution in [3.63, 3.8) is 0 Å². The van der Waals surface area contributed by atoms with E-state index < -0.39 is 0 Å². The van der Waals surface area contributed by atoms with Gasteiger partial charge in [0.15, 0.2) is 5.69 Å². The van der Waals surface area contributed by atoms with E-state index in [2.05, 4.69) is 15.6 Å². The number of hydrogen-bond donors (Lipinski definition) is 2. The van der Waals surface area contributed by atoms with Crippen molar-refractivity contribution < 1.29 is 4.79 Å². The summed E-state index contributed by atoms with van der Waals surface area (Å²) in [6.45, 7) is 1.07. The third-order valence-electron chi connectivity index (χ3n) is 2.39. The second-order valence-corrected chi connectivity index (χ2v) is 4.84. The minimum atomic E-state index is -0.143. The predicted octanol–water partition coefficient (Wildman–Crippen LogP) is -0.528. The fourth-order valence-electron chi connectivity index (χ4n) is 1.55. The number of rotatable bonds is 4. The van der Waals surface area contributed by atoms with Gasteiger partial charge in [0.2, 0.25) is 0 Å². The number of amides is 1. The highest BCUT2D eigenvalue weighted by atomic mass is 32.2. The van der Waals surface area contributed by atoms with Gasteiger partial charge in [0.25, 0.3) is 5.91 Å². The van der Waals surface area contributed by atoms with E-state index in [1.807, 2.05) is 11.8 Å². The van der Waals surface area contributed by atoms with Crippen LogP contribution < -0.4 is 11.1 Å². The minimum absolute atomic E-state index is 0.143. The lowest BCUT2D eigenvalue weighted by Gasteiger charge is -2.08. The zero-order chi connectivity index (χ0) is 11.4. The van der Waals surface area contributed by atoms with Crippen LogP contribution in [0.3, 0.4) is 0 Å². The molecule has 2 heterocycles. The van der Waals surface area contributed by atoms with Gasteiger partial charge in [0, 0.05) is 18.3 Å². The van der Waals surface area contributed by atoms with E-state index in [-0.39, 0.29) is 11.9 Å². The van der Waals surface area contributed by atoms with Crippen LogP contribution in [0.1, 0.15) is 16.9 Å². The first kappa shape index (κ1) is 11.4. The molecule has 0 saturated carbocycles. The first-order valence-corrected chi connectivity index (χ1v) is 6.44. The van der Waals surface area contributed by atoms with E-state index in [0.717, 1.165) is 17.9 Å². The number of nitrogens with one attached hydrogen (secondary N) is 1. The second-order valence-electron chi connectivity index (χ2n) is 3.69. The molecule has 1 amide bonds. The highest BCUT2D eigenvalue weighted by Crippen LogP contribution is 2.17. The normalized spacial score (nSPS) is 19.9. The molecule has 88 valence electrons. The first-order valence-electron chi connectivity index (χ1n) is 5.28. The van der Waals surface area contributed by atoms with Gasteiger partial charge < -0.3 is 11.1 Å². The second kappa shape index (κ2) is 5.31. The van der Waals surface area contributed by atoms with Gasteiger partial charge in [-0.3, -0.25) is 9.48 Å². The van der Waals surface area contributed by atoms with E-state index in [0.29, 0.717) is 18.8 Å². The summed E-state index contributed by atoms with van der Waals surface area (Å²) in [6, 6.07) is 0.275. The Hall–Kier alpha value is -1.08. The molecular formula is C9H15N5OS. The Morgan fingerprint density at radius 1 is 1.75 bits per heavy atom. The standard InChI is InChI=1S/C9H15N5OS/c10-2-3-14-5-8(12-13-14)9(15)11-7-1-4-16-6-7/h5,7H,1-4,6,10H2,(H,11,15). The molecule has 2 rings (SSSR count). The lowest BCUT2D eigenvalue weighted by molar-refractivity contribution is 0.0936. The van der Waals surface area contributed by atoms with Crippen molar-refractivity contribution in [1.82, 2.24) is 20.3 Å². The average Bonchev–Trinajstić information content (AvgIpc) is 2.89. The lowest BCUT2D eigenvalue weighted by Crippen LogP contribution is -2.34. The van der Waals surface area contributed by atoms with Gasteiger partial charge in [0.1, 0.15) is 0 Å². The first-order chi connectivity index (χ1) is 7.79. The van der Waals surface area contributed by atoms with Gasteiger partial charge in [-0.2, -0.15) is 11.8 Å². The Labute approximate surface area is 97.9 Å². The van der Waals surface area contributed by atoms with E-state index >= 15 is 0 Å². The molecule has 7 heteroatoms. The molecule has 0 aromatic carbocycles. The summed E-state index contributed by atoms with van der Waals surface area (Å²) in [6.07, 6.45) is 2.66. The summed E-state index contributed by atoms with van der Waals surface area (Å²) >= 11 is 1.86. The summed E-state index contributed by atoms with van der Waals surface area (Å²) in [5, 5.41) is 10.6. The molecule has 1 saturated heterocycles. The van der Waals surface area contributed by atoms with Gasteiger partial charge in [-0.25, -0.2) is 0 Å². The number of carbonyl (C=O) groups excluding carboxylic acids is 1. The van der Waals surface area contributed by atoms with Crippen LogP contribution in [0.4, 0.5) is 0 Å². The molecule has 3 N–H and O–H groups in total. The maximum atomic E-state index is 11.8. The van der Waals surface area contributed by atoms with Crippen LogP contribution in [0, 0.1) is 0 Å². The van der Waals surface area contributed by atoms with E-state index in [4.69, 9.17) is 5.73 Å². The number of carbonyl (C=O) groups is 1. The van der Waals surface area contributed by atoms with Gasteiger partial charge in [-0.15, -0.1) is 5.10 Å². The van der Waals surface area contributed by atoms with Gasteiger partial charge in [-0.1, -0.05) is 5.21 Å². The van der Waals surface area contributed by atoms with E-state index in [1.54, 1.807) is 10.9 Å². The number of nitrogens with zero attached hydrogens (tertiary/aromatic N) is 3. The van der Waals surface area contributed by atoms with Crippen LogP contribution in [0.15, 0.2) is 6.20 Å². The summed E-state index contributed by atoms with van der Waals surface area (Å²) in [5.41, 5.74) is 5.75. The predicted molar refractivity (Wildman–Crippen MR) is 62.3 cm³/mol. The molecule has 6 nitrogen and oxygen atoms in total. The van der Waals surface area contributed by atoms with E-state index in [9.17, 15) is 4.79 Å². The summed E-state index contributed by atoms with van der Waals surface area (Å²) in [4.78, 5) is 11.8. The molecule has 1 aliphatic rings. The Bertz CT molecular complexity index is 361. The Kier molecular flexibility index (Phi) is 3.79. The van der Waals surface area contributed by atoms with Crippen molar-refractivity contribution in [3.8, 4) is 0 Å². The molecular weight excluding hydrogens is 226 g/mol. The monoisotopic (exact) mass is 241 g/mol. The number of nitrogens with two attached hydrogens (primary N) is 1. The molecule has 1 aromatic heterocycles. The van der Waals surface area contributed by atoms with Crippen molar-refractivity contribution >= 4 is 17.7 Å². The van der Waals surface area contributed by atoms with Crippen LogP contribution in [0.5, 0.6) is 0 Å². The van der Waals surface area contributed by atoms with Gasteiger partial charge in [-0.05, 0) is 12.2 Å². The van der Waals surface area contributed by atoms with Crippen molar-refractivity contribution in [2.45, 2.75) is 19.0 Å². The third-order valence-corrected chi connectivity index (χ3v) is 3.56. The van der Waals surface area contributed by atoms with Crippen molar-refractivity contribution in [2.75, 3.05) is 18.1 Å². The molecule has 1 aliphatic heterocycles. The highest BCUT2D eigenvalue weighted by Gasteiger charge is 2.19. The largest absolute Gasteiger partial charge is 0.347 e. The van der Waals surface area contributed by atoms with Crippen molar-refractivity contribution in [3.05, 3.63) is 11.9 Å². The number of hydrogen-bond acceptors (Lipinski definition) is 5. The average molecular weight is 241 g/mol. The summed E-state index contributed by atoms with van der Waals surface area (Å²) < 4.78 is 1.58. The molecule has 0 aliphatic carbocycles. The summed E-state index contributed by atoms with van der Waals surface area (Å²) in [7, 11) is 0. The molecule has 1 unspecified atom stereocenters. The quantitative estimate of drug-likeness (QED) is 0.740. The SMILES string of the molecule is NCCn1cc(C(=O)NC2CCSC2)nn1. The molecule has 0 bridgehead atoms. The van der Waals surface area contributed by atoms with Crippen LogP contribution >= 0.6 is 11.8 Å². The zero-order valence-corrected chi connectivity index (χ0v) is 9.74. The van der Waals surface area contributed by atoms with Crippen molar-refractivity contribution in [2.24, 2.45) is 5.73 Å². The summed E-state index contributed by atoms with van der Waals surface area (Å²) in [5.74, 6) is 1.96. The Morgan fingerprint density at radius 3 is 3.31 bits per heavy atom. The molecule has 1 fully saturated rings. The van der Waals surface area contributed by atoms with Gasteiger partial charge in [0.05, 0.1) is 12.7 Å². The molecule has 0 spiro atoms. The molecule has 0 radical (unpaired) electrons. The van der Waals surface area contributed by atoms with Crippen LogP contribution in [0.2, 0.25) is 0 Å². The zero-order valence-electron chi connectivity index (χ0n) is 8.93. The molecule has 1 aromatic rings. The maximum Gasteiger partial charge on any atom is 0.273 e.